The van der Waals surface area contributed by atoms with E-state index in [0.717, 1.165) is 12.8 Å². The molecule has 0 spiro atoms. The van der Waals surface area contributed by atoms with Crippen molar-refractivity contribution in [2.75, 3.05) is 11.1 Å². The van der Waals surface area contributed by atoms with Crippen LogP contribution in [-0.2, 0) is 0 Å². The fourth-order valence-corrected chi connectivity index (χ4v) is 1.91. The molecule has 1 aromatic carbocycles. The second-order valence-corrected chi connectivity index (χ2v) is 4.90. The summed E-state index contributed by atoms with van der Waals surface area (Å²) >= 11 is 0. The molecule has 4 nitrogen and oxygen atoms in total. The molecule has 0 aromatic heterocycles. The summed E-state index contributed by atoms with van der Waals surface area (Å²) in [5.74, 6) is -0.302. The average molecular weight is 250 g/mol. The van der Waals surface area contributed by atoms with Crippen molar-refractivity contribution >= 4 is 17.3 Å². The lowest BCUT2D eigenvalue weighted by Gasteiger charge is -2.20. The molecule has 0 saturated heterocycles. The van der Waals surface area contributed by atoms with Gasteiger partial charge in [0, 0.05) is 6.04 Å². The molecular formula is C14H22N2O2. The molecule has 0 aliphatic carbocycles. The van der Waals surface area contributed by atoms with Crippen LogP contribution in [0, 0.1) is 5.92 Å². The number of hydrogen-bond acceptors (Lipinski definition) is 3. The van der Waals surface area contributed by atoms with E-state index in [4.69, 9.17) is 10.8 Å². The number of aromatic carboxylic acids is 1. The lowest BCUT2D eigenvalue weighted by molar-refractivity contribution is 0.0697. The zero-order chi connectivity index (χ0) is 13.7. The topological polar surface area (TPSA) is 75.3 Å². The number of hydrogen-bond donors (Lipinski definition) is 3. The maximum absolute atomic E-state index is 10.9. The zero-order valence-corrected chi connectivity index (χ0v) is 11.2. The summed E-state index contributed by atoms with van der Waals surface area (Å²) in [7, 11) is 0. The van der Waals surface area contributed by atoms with Gasteiger partial charge in [-0.05, 0) is 37.5 Å². The summed E-state index contributed by atoms with van der Waals surface area (Å²) in [6.45, 7) is 6.45. The van der Waals surface area contributed by atoms with Crippen LogP contribution in [0.1, 0.15) is 44.0 Å². The molecule has 0 bridgehead atoms. The van der Waals surface area contributed by atoms with Crippen molar-refractivity contribution in [3.63, 3.8) is 0 Å². The molecule has 2 atom stereocenters. The number of benzene rings is 1. The summed E-state index contributed by atoms with van der Waals surface area (Å²) in [5, 5.41) is 12.2. The highest BCUT2D eigenvalue weighted by molar-refractivity contribution is 5.90. The van der Waals surface area contributed by atoms with Gasteiger partial charge in [0.2, 0.25) is 0 Å². The minimum atomic E-state index is -0.937. The minimum Gasteiger partial charge on any atom is -0.478 e. The Hall–Kier alpha value is -1.71. The van der Waals surface area contributed by atoms with E-state index in [9.17, 15) is 4.79 Å². The predicted molar refractivity (Wildman–Crippen MR) is 75.0 cm³/mol. The van der Waals surface area contributed by atoms with Crippen LogP contribution in [0.15, 0.2) is 18.2 Å². The van der Waals surface area contributed by atoms with Crippen LogP contribution in [0.4, 0.5) is 11.4 Å². The van der Waals surface area contributed by atoms with Crippen molar-refractivity contribution in [2.45, 2.75) is 39.7 Å². The van der Waals surface area contributed by atoms with Gasteiger partial charge in [-0.25, -0.2) is 4.79 Å². The van der Waals surface area contributed by atoms with Gasteiger partial charge in [-0.2, -0.15) is 0 Å². The average Bonchev–Trinajstić information content (AvgIpc) is 2.31. The molecule has 0 fully saturated rings. The highest BCUT2D eigenvalue weighted by Crippen LogP contribution is 2.22. The Balaban J connectivity index is 2.77. The standard InChI is InChI=1S/C14H22N2O2/c1-4-9(2)7-10(3)16-13-8-11(14(17)18)5-6-12(13)15/h5-6,8-10,16H,4,7,15H2,1-3H3,(H,17,18). The Bertz CT molecular complexity index is 418. The van der Waals surface area contributed by atoms with Crippen LogP contribution in [-0.4, -0.2) is 17.1 Å². The molecule has 0 aliphatic heterocycles. The van der Waals surface area contributed by atoms with Gasteiger partial charge in [-0.1, -0.05) is 20.3 Å². The van der Waals surface area contributed by atoms with E-state index in [0.29, 0.717) is 17.3 Å². The lowest BCUT2D eigenvalue weighted by atomic mass is 10.00. The van der Waals surface area contributed by atoms with E-state index in [2.05, 4.69) is 26.1 Å². The third-order valence-electron chi connectivity index (χ3n) is 3.15. The van der Waals surface area contributed by atoms with Crippen molar-refractivity contribution in [3.8, 4) is 0 Å². The quantitative estimate of drug-likeness (QED) is 0.678. The SMILES string of the molecule is CCC(C)CC(C)Nc1cc(C(=O)O)ccc1N. The lowest BCUT2D eigenvalue weighted by Crippen LogP contribution is -2.19. The van der Waals surface area contributed by atoms with Gasteiger partial charge >= 0.3 is 5.97 Å². The molecule has 1 rings (SSSR count). The molecule has 1 aromatic rings. The fraction of sp³-hybridized carbons (Fsp3) is 0.500. The second kappa shape index (κ2) is 6.28. The maximum atomic E-state index is 10.9. The molecule has 0 aliphatic rings. The Kier molecular flexibility index (Phi) is 5.01. The van der Waals surface area contributed by atoms with Crippen molar-refractivity contribution < 1.29 is 9.90 Å². The van der Waals surface area contributed by atoms with E-state index < -0.39 is 5.97 Å². The number of anilines is 2. The van der Waals surface area contributed by atoms with Crippen molar-refractivity contribution in [1.29, 1.82) is 0 Å². The molecule has 4 heteroatoms. The number of nitrogen functional groups attached to an aromatic ring is 1. The molecule has 100 valence electrons. The normalized spacial score (nSPS) is 13.9. The highest BCUT2D eigenvalue weighted by Gasteiger charge is 2.11. The Morgan fingerprint density at radius 1 is 1.44 bits per heavy atom. The molecule has 4 N–H and O–H groups in total. The molecule has 18 heavy (non-hydrogen) atoms. The first-order chi connectivity index (χ1) is 8.43. The van der Waals surface area contributed by atoms with Gasteiger partial charge < -0.3 is 16.2 Å². The van der Waals surface area contributed by atoms with Crippen LogP contribution in [0.2, 0.25) is 0 Å². The number of nitrogens with one attached hydrogen (secondary N) is 1. The van der Waals surface area contributed by atoms with Crippen LogP contribution in [0.25, 0.3) is 0 Å². The smallest absolute Gasteiger partial charge is 0.335 e. The Morgan fingerprint density at radius 2 is 2.11 bits per heavy atom. The van der Waals surface area contributed by atoms with Crippen LogP contribution in [0.3, 0.4) is 0 Å². The zero-order valence-electron chi connectivity index (χ0n) is 11.2. The van der Waals surface area contributed by atoms with Gasteiger partial charge in [0.05, 0.1) is 16.9 Å². The molecule has 0 saturated carbocycles. The molecular weight excluding hydrogens is 228 g/mol. The largest absolute Gasteiger partial charge is 0.478 e. The van der Waals surface area contributed by atoms with Gasteiger partial charge in [0.15, 0.2) is 0 Å². The minimum absolute atomic E-state index is 0.252. The summed E-state index contributed by atoms with van der Waals surface area (Å²) < 4.78 is 0. The maximum Gasteiger partial charge on any atom is 0.335 e. The first-order valence-electron chi connectivity index (χ1n) is 6.33. The summed E-state index contributed by atoms with van der Waals surface area (Å²) in [4.78, 5) is 10.9. The van der Waals surface area contributed by atoms with Crippen molar-refractivity contribution in [3.05, 3.63) is 23.8 Å². The number of carboxylic acid groups (broad SMARTS) is 1. The van der Waals surface area contributed by atoms with Gasteiger partial charge in [0.25, 0.3) is 0 Å². The summed E-state index contributed by atoms with van der Waals surface area (Å²) in [6.07, 6.45) is 2.17. The monoisotopic (exact) mass is 250 g/mol. The van der Waals surface area contributed by atoms with Crippen LogP contribution >= 0.6 is 0 Å². The van der Waals surface area contributed by atoms with Gasteiger partial charge in [-0.3, -0.25) is 0 Å². The summed E-state index contributed by atoms with van der Waals surface area (Å²) in [6, 6.07) is 5.00. The van der Waals surface area contributed by atoms with E-state index in [1.54, 1.807) is 12.1 Å². The summed E-state index contributed by atoms with van der Waals surface area (Å²) in [5.41, 5.74) is 7.38. The number of nitrogens with two attached hydrogens (primary N) is 1. The van der Waals surface area contributed by atoms with Crippen LogP contribution < -0.4 is 11.1 Å². The second-order valence-electron chi connectivity index (χ2n) is 4.90. The molecule has 0 amide bonds. The Labute approximate surface area is 108 Å². The van der Waals surface area contributed by atoms with Gasteiger partial charge in [0.1, 0.15) is 0 Å². The van der Waals surface area contributed by atoms with E-state index in [-0.39, 0.29) is 11.6 Å². The number of rotatable bonds is 6. The molecule has 0 heterocycles. The van der Waals surface area contributed by atoms with E-state index in [1.165, 1.54) is 6.07 Å². The third-order valence-corrected chi connectivity index (χ3v) is 3.15. The number of carboxylic acids is 1. The van der Waals surface area contributed by atoms with E-state index in [1.807, 2.05) is 0 Å². The van der Waals surface area contributed by atoms with Gasteiger partial charge in [-0.15, -0.1) is 0 Å². The third kappa shape index (κ3) is 3.95. The van der Waals surface area contributed by atoms with E-state index >= 15 is 0 Å². The predicted octanol–water partition coefficient (Wildman–Crippen LogP) is 3.20. The highest BCUT2D eigenvalue weighted by atomic mass is 16.4. The molecule has 2 unspecified atom stereocenters. The van der Waals surface area contributed by atoms with Crippen LogP contribution in [0.5, 0.6) is 0 Å². The first kappa shape index (κ1) is 14.4. The van der Waals surface area contributed by atoms with Crippen molar-refractivity contribution in [1.82, 2.24) is 0 Å². The molecule has 0 radical (unpaired) electrons. The Morgan fingerprint density at radius 3 is 2.67 bits per heavy atom. The van der Waals surface area contributed by atoms with Crippen molar-refractivity contribution in [2.24, 2.45) is 5.92 Å². The fourth-order valence-electron chi connectivity index (χ4n) is 1.91. The number of carbonyl (C=O) groups is 1. The first-order valence-corrected chi connectivity index (χ1v) is 6.33.